The van der Waals surface area contributed by atoms with E-state index in [9.17, 15) is 4.79 Å². The third-order valence-electron chi connectivity index (χ3n) is 3.67. The summed E-state index contributed by atoms with van der Waals surface area (Å²) >= 11 is 0. The molecule has 0 unspecified atom stereocenters. The van der Waals surface area contributed by atoms with Crippen molar-refractivity contribution >= 4 is 11.0 Å². The Morgan fingerprint density at radius 2 is 1.52 bits per heavy atom. The fraction of sp³-hybridized carbons (Fsp3) is 0.0556. The molecule has 112 valence electrons. The summed E-state index contributed by atoms with van der Waals surface area (Å²) in [5.74, 6) is 0.536. The van der Waals surface area contributed by atoms with Crippen molar-refractivity contribution in [1.82, 2.24) is 10.2 Å². The zero-order valence-electron chi connectivity index (χ0n) is 12.3. The van der Waals surface area contributed by atoms with Crippen LogP contribution >= 0.6 is 0 Å². The van der Waals surface area contributed by atoms with Gasteiger partial charge in [-0.2, -0.15) is 0 Å². The maximum Gasteiger partial charge on any atom is 0.349 e. The molecule has 2 aromatic carbocycles. The van der Waals surface area contributed by atoms with E-state index >= 15 is 0 Å². The van der Waals surface area contributed by atoms with Crippen LogP contribution < -0.4 is 5.63 Å². The van der Waals surface area contributed by atoms with E-state index in [1.165, 1.54) is 0 Å². The average molecular weight is 304 g/mol. The van der Waals surface area contributed by atoms with Gasteiger partial charge in [0.25, 0.3) is 5.89 Å². The van der Waals surface area contributed by atoms with Crippen LogP contribution in [0.5, 0.6) is 0 Å². The van der Waals surface area contributed by atoms with E-state index < -0.39 is 5.63 Å². The summed E-state index contributed by atoms with van der Waals surface area (Å²) in [5, 5.41) is 8.85. The van der Waals surface area contributed by atoms with Crippen LogP contribution in [0, 0.1) is 6.92 Å². The molecule has 5 nitrogen and oxygen atoms in total. The number of benzene rings is 2. The summed E-state index contributed by atoms with van der Waals surface area (Å²) in [4.78, 5) is 12.2. The fourth-order valence-electron chi connectivity index (χ4n) is 2.46. The first kappa shape index (κ1) is 13.5. The molecule has 4 aromatic rings. The highest BCUT2D eigenvalue weighted by molar-refractivity contribution is 5.80. The molecule has 0 saturated carbocycles. The predicted molar refractivity (Wildman–Crippen MR) is 85.9 cm³/mol. The van der Waals surface area contributed by atoms with Gasteiger partial charge >= 0.3 is 5.63 Å². The number of rotatable bonds is 2. The number of aromatic nitrogens is 2. The van der Waals surface area contributed by atoms with Crippen LogP contribution in [0.4, 0.5) is 0 Å². The molecule has 0 saturated heterocycles. The van der Waals surface area contributed by atoms with Gasteiger partial charge in [0.05, 0.1) is 0 Å². The van der Waals surface area contributed by atoms with Gasteiger partial charge in [0.2, 0.25) is 5.89 Å². The maximum atomic E-state index is 12.2. The van der Waals surface area contributed by atoms with Crippen LogP contribution in [0.1, 0.15) is 5.56 Å². The number of hydrogen-bond donors (Lipinski definition) is 0. The summed E-state index contributed by atoms with van der Waals surface area (Å²) in [7, 11) is 0. The highest BCUT2D eigenvalue weighted by Gasteiger charge is 2.16. The summed E-state index contributed by atoms with van der Waals surface area (Å²) in [6, 6.07) is 16.7. The first-order chi connectivity index (χ1) is 11.2. The fourth-order valence-corrected chi connectivity index (χ4v) is 2.46. The van der Waals surface area contributed by atoms with Crippen LogP contribution in [0.2, 0.25) is 0 Å². The molecule has 0 aliphatic rings. The molecular formula is C18H12N2O3. The number of hydrogen-bond acceptors (Lipinski definition) is 5. The van der Waals surface area contributed by atoms with Gasteiger partial charge in [-0.15, -0.1) is 10.2 Å². The van der Waals surface area contributed by atoms with Crippen LogP contribution in [0.25, 0.3) is 33.9 Å². The lowest BCUT2D eigenvalue weighted by atomic mass is 10.1. The third-order valence-corrected chi connectivity index (χ3v) is 3.67. The molecule has 0 spiro atoms. The molecule has 0 radical (unpaired) electrons. The van der Waals surface area contributed by atoms with Crippen molar-refractivity contribution in [3.63, 3.8) is 0 Å². The summed E-state index contributed by atoms with van der Waals surface area (Å²) in [6.45, 7) is 1.96. The quantitative estimate of drug-likeness (QED) is 0.527. The lowest BCUT2D eigenvalue weighted by Crippen LogP contribution is -2.02. The Bertz CT molecular complexity index is 1060. The number of nitrogens with zero attached hydrogens (tertiary/aromatic N) is 2. The summed E-state index contributed by atoms with van der Waals surface area (Å²) in [5.41, 5.74) is 2.16. The van der Waals surface area contributed by atoms with E-state index in [0.29, 0.717) is 11.5 Å². The monoisotopic (exact) mass is 304 g/mol. The topological polar surface area (TPSA) is 69.1 Å². The first-order valence-electron chi connectivity index (χ1n) is 7.15. The largest absolute Gasteiger partial charge is 0.422 e. The molecule has 4 rings (SSSR count). The second-order valence-corrected chi connectivity index (χ2v) is 5.21. The maximum absolute atomic E-state index is 12.2. The smallest absolute Gasteiger partial charge is 0.349 e. The average Bonchev–Trinajstić information content (AvgIpc) is 3.04. The molecule has 0 aliphatic heterocycles. The molecular weight excluding hydrogens is 292 g/mol. The minimum atomic E-state index is -0.497. The molecule has 0 bridgehead atoms. The van der Waals surface area contributed by atoms with Crippen molar-refractivity contribution < 1.29 is 8.83 Å². The van der Waals surface area contributed by atoms with Crippen LogP contribution in [0.15, 0.2) is 68.2 Å². The van der Waals surface area contributed by atoms with Crippen molar-refractivity contribution in [3.05, 3.63) is 70.6 Å². The third kappa shape index (κ3) is 2.32. The summed E-state index contributed by atoms with van der Waals surface area (Å²) in [6.07, 6.45) is 0. The van der Waals surface area contributed by atoms with Crippen molar-refractivity contribution in [2.24, 2.45) is 0 Å². The van der Waals surface area contributed by atoms with Gasteiger partial charge in [0, 0.05) is 10.9 Å². The van der Waals surface area contributed by atoms with E-state index in [1.54, 1.807) is 12.1 Å². The van der Waals surface area contributed by atoms with Crippen molar-refractivity contribution in [2.75, 3.05) is 0 Å². The standard InChI is InChI=1S/C18H12N2O3/c1-11-6-2-4-8-13(11)16-19-20-17(23-16)14-10-12-7-3-5-9-15(12)22-18(14)21/h2-10H,1H3. The Morgan fingerprint density at radius 1 is 0.826 bits per heavy atom. The molecule has 2 heterocycles. The molecule has 0 aliphatic carbocycles. The van der Waals surface area contributed by atoms with Crippen LogP contribution in [-0.4, -0.2) is 10.2 Å². The van der Waals surface area contributed by atoms with E-state index in [4.69, 9.17) is 8.83 Å². The van der Waals surface area contributed by atoms with E-state index in [2.05, 4.69) is 10.2 Å². The van der Waals surface area contributed by atoms with E-state index in [-0.39, 0.29) is 11.5 Å². The van der Waals surface area contributed by atoms with Gasteiger partial charge in [-0.1, -0.05) is 36.4 Å². The zero-order chi connectivity index (χ0) is 15.8. The van der Waals surface area contributed by atoms with Gasteiger partial charge < -0.3 is 8.83 Å². The minimum Gasteiger partial charge on any atom is -0.422 e. The first-order valence-corrected chi connectivity index (χ1v) is 7.15. The molecule has 2 aromatic heterocycles. The zero-order valence-corrected chi connectivity index (χ0v) is 12.3. The Labute approximate surface area is 131 Å². The molecule has 0 fully saturated rings. The number of para-hydroxylation sites is 1. The Balaban J connectivity index is 1.85. The van der Waals surface area contributed by atoms with Crippen molar-refractivity contribution in [2.45, 2.75) is 6.92 Å². The van der Waals surface area contributed by atoms with Crippen molar-refractivity contribution in [3.8, 4) is 22.9 Å². The van der Waals surface area contributed by atoms with Gasteiger partial charge in [-0.05, 0) is 30.7 Å². The Hall–Kier alpha value is -3.21. The second-order valence-electron chi connectivity index (χ2n) is 5.21. The molecule has 0 amide bonds. The van der Waals surface area contributed by atoms with Gasteiger partial charge in [0.15, 0.2) is 0 Å². The Kier molecular flexibility index (Phi) is 3.05. The Morgan fingerprint density at radius 3 is 2.35 bits per heavy atom. The highest BCUT2D eigenvalue weighted by Crippen LogP contribution is 2.26. The normalized spacial score (nSPS) is 11.0. The van der Waals surface area contributed by atoms with Gasteiger partial charge in [-0.3, -0.25) is 0 Å². The number of aryl methyl sites for hydroxylation is 1. The lowest BCUT2D eigenvalue weighted by molar-refractivity contribution is 0.547. The minimum absolute atomic E-state index is 0.155. The van der Waals surface area contributed by atoms with Crippen LogP contribution in [-0.2, 0) is 0 Å². The molecule has 0 atom stereocenters. The van der Waals surface area contributed by atoms with E-state index in [0.717, 1.165) is 16.5 Å². The van der Waals surface area contributed by atoms with Gasteiger partial charge in [0.1, 0.15) is 11.1 Å². The highest BCUT2D eigenvalue weighted by atomic mass is 16.4. The molecule has 0 N–H and O–H groups in total. The van der Waals surface area contributed by atoms with Crippen molar-refractivity contribution in [1.29, 1.82) is 0 Å². The SMILES string of the molecule is Cc1ccccc1-c1nnc(-c2cc3ccccc3oc2=O)o1. The predicted octanol–water partition coefficient (Wildman–Crippen LogP) is 3.82. The van der Waals surface area contributed by atoms with E-state index in [1.807, 2.05) is 49.4 Å². The second kappa shape index (κ2) is 5.21. The molecule has 5 heteroatoms. The molecule has 23 heavy (non-hydrogen) atoms. The summed E-state index contributed by atoms with van der Waals surface area (Å²) < 4.78 is 11.0. The number of fused-ring (bicyclic) bond motifs is 1. The van der Waals surface area contributed by atoms with Gasteiger partial charge in [-0.25, -0.2) is 4.79 Å². The lowest BCUT2D eigenvalue weighted by Gasteiger charge is -1.99. The van der Waals surface area contributed by atoms with Crippen LogP contribution in [0.3, 0.4) is 0 Å².